The number of thiophene rings is 1. The minimum atomic E-state index is 0.260. The average Bonchev–Trinajstić information content (AvgIpc) is 3.18. The van der Waals surface area contributed by atoms with Gasteiger partial charge < -0.3 is 4.90 Å². The van der Waals surface area contributed by atoms with E-state index in [9.17, 15) is 4.79 Å². The molecule has 2 aliphatic heterocycles. The van der Waals surface area contributed by atoms with Crippen molar-refractivity contribution in [2.24, 2.45) is 0 Å². The van der Waals surface area contributed by atoms with Crippen molar-refractivity contribution in [1.82, 2.24) is 9.88 Å². The SMILES string of the molecule is Cc1cccc(CN2CC[C@H]3[C@@H]2CC(=O)N3c2ccsc2)n1. The fourth-order valence-electron chi connectivity index (χ4n) is 3.75. The average molecular weight is 313 g/mol. The van der Waals surface area contributed by atoms with Gasteiger partial charge in [0.25, 0.3) is 0 Å². The molecular formula is C17H19N3OS. The summed E-state index contributed by atoms with van der Waals surface area (Å²) in [6, 6.07) is 8.86. The van der Waals surface area contributed by atoms with Crippen LogP contribution in [0.4, 0.5) is 5.69 Å². The molecule has 4 heterocycles. The Morgan fingerprint density at radius 2 is 2.23 bits per heavy atom. The summed E-state index contributed by atoms with van der Waals surface area (Å²) in [5.41, 5.74) is 3.22. The number of pyridine rings is 1. The fraction of sp³-hybridized carbons (Fsp3) is 0.412. The van der Waals surface area contributed by atoms with E-state index in [1.165, 1.54) is 0 Å². The van der Waals surface area contributed by atoms with E-state index in [-0.39, 0.29) is 5.91 Å². The molecule has 2 atom stereocenters. The van der Waals surface area contributed by atoms with Crippen LogP contribution >= 0.6 is 11.3 Å². The summed E-state index contributed by atoms with van der Waals surface area (Å²) in [5.74, 6) is 0.260. The Morgan fingerprint density at radius 3 is 3.00 bits per heavy atom. The van der Waals surface area contributed by atoms with Crippen LogP contribution in [-0.2, 0) is 11.3 Å². The molecule has 0 N–H and O–H groups in total. The Balaban J connectivity index is 1.53. The molecule has 4 rings (SSSR count). The van der Waals surface area contributed by atoms with Gasteiger partial charge in [-0.3, -0.25) is 14.7 Å². The Morgan fingerprint density at radius 1 is 1.32 bits per heavy atom. The van der Waals surface area contributed by atoms with E-state index >= 15 is 0 Å². The predicted octanol–water partition coefficient (Wildman–Crippen LogP) is 2.83. The normalized spacial score (nSPS) is 25.0. The third-order valence-electron chi connectivity index (χ3n) is 4.70. The maximum Gasteiger partial charge on any atom is 0.228 e. The van der Waals surface area contributed by atoms with Crippen LogP contribution in [0.3, 0.4) is 0 Å². The first-order valence-corrected chi connectivity index (χ1v) is 8.67. The minimum Gasteiger partial charge on any atom is -0.307 e. The number of likely N-dealkylation sites (tertiary alicyclic amines) is 1. The zero-order valence-corrected chi connectivity index (χ0v) is 13.4. The fourth-order valence-corrected chi connectivity index (χ4v) is 4.38. The third kappa shape index (κ3) is 2.34. The van der Waals surface area contributed by atoms with Crippen molar-refractivity contribution in [3.8, 4) is 0 Å². The van der Waals surface area contributed by atoms with Gasteiger partial charge in [-0.25, -0.2) is 0 Å². The molecule has 0 radical (unpaired) electrons. The molecular weight excluding hydrogens is 294 g/mol. The molecule has 5 heteroatoms. The number of rotatable bonds is 3. The van der Waals surface area contributed by atoms with Gasteiger partial charge in [0.1, 0.15) is 0 Å². The Kier molecular flexibility index (Phi) is 3.47. The summed E-state index contributed by atoms with van der Waals surface area (Å²) < 4.78 is 0. The van der Waals surface area contributed by atoms with Crippen molar-refractivity contribution >= 4 is 22.9 Å². The summed E-state index contributed by atoms with van der Waals surface area (Å²) in [6.07, 6.45) is 1.68. The van der Waals surface area contributed by atoms with Crippen LogP contribution in [0.1, 0.15) is 24.2 Å². The smallest absolute Gasteiger partial charge is 0.228 e. The van der Waals surface area contributed by atoms with Gasteiger partial charge in [-0.2, -0.15) is 11.3 Å². The molecule has 0 spiro atoms. The zero-order chi connectivity index (χ0) is 15.1. The van der Waals surface area contributed by atoms with Gasteiger partial charge in [-0.05, 0) is 36.9 Å². The standard InChI is InChI=1S/C17H19N3OS/c1-12-3-2-4-13(18-12)10-19-7-5-15-16(19)9-17(21)20(15)14-6-8-22-11-14/h2-4,6,8,11,15-16H,5,7,9-10H2,1H3/t15-,16-/m0/s1. The topological polar surface area (TPSA) is 36.4 Å². The Labute approximate surface area is 134 Å². The van der Waals surface area contributed by atoms with Gasteiger partial charge in [0.15, 0.2) is 0 Å². The second-order valence-corrected chi connectivity index (χ2v) is 6.89. The summed E-state index contributed by atoms with van der Waals surface area (Å²) in [5, 5.41) is 4.12. The van der Waals surface area contributed by atoms with Crippen LogP contribution in [0.15, 0.2) is 35.0 Å². The van der Waals surface area contributed by atoms with E-state index in [1.54, 1.807) is 11.3 Å². The van der Waals surface area contributed by atoms with E-state index < -0.39 is 0 Å². The first kappa shape index (κ1) is 13.9. The number of hydrogen-bond donors (Lipinski definition) is 0. The highest BCUT2D eigenvalue weighted by Crippen LogP contribution is 2.37. The van der Waals surface area contributed by atoms with Gasteiger partial charge in [0.05, 0.1) is 17.4 Å². The van der Waals surface area contributed by atoms with Crippen molar-refractivity contribution in [2.75, 3.05) is 11.4 Å². The molecule has 1 amide bonds. The highest BCUT2D eigenvalue weighted by atomic mass is 32.1. The van der Waals surface area contributed by atoms with Crippen molar-refractivity contribution in [3.63, 3.8) is 0 Å². The lowest BCUT2D eigenvalue weighted by atomic mass is 10.1. The maximum absolute atomic E-state index is 12.4. The van der Waals surface area contributed by atoms with Crippen molar-refractivity contribution in [3.05, 3.63) is 46.4 Å². The van der Waals surface area contributed by atoms with Crippen molar-refractivity contribution in [1.29, 1.82) is 0 Å². The molecule has 0 bridgehead atoms. The predicted molar refractivity (Wildman–Crippen MR) is 88.0 cm³/mol. The highest BCUT2D eigenvalue weighted by Gasteiger charge is 2.47. The van der Waals surface area contributed by atoms with Crippen LogP contribution in [0, 0.1) is 6.92 Å². The summed E-state index contributed by atoms with van der Waals surface area (Å²) in [6.45, 7) is 3.90. The summed E-state index contributed by atoms with van der Waals surface area (Å²) >= 11 is 1.65. The molecule has 0 saturated carbocycles. The van der Waals surface area contributed by atoms with Gasteiger partial charge >= 0.3 is 0 Å². The summed E-state index contributed by atoms with van der Waals surface area (Å²) in [7, 11) is 0. The molecule has 2 fully saturated rings. The largest absolute Gasteiger partial charge is 0.307 e. The van der Waals surface area contributed by atoms with E-state index in [0.717, 1.165) is 36.6 Å². The maximum atomic E-state index is 12.4. The molecule has 0 aromatic carbocycles. The van der Waals surface area contributed by atoms with Crippen LogP contribution < -0.4 is 4.90 Å². The molecule has 114 valence electrons. The first-order chi connectivity index (χ1) is 10.7. The van der Waals surface area contributed by atoms with Gasteiger partial charge in [0.2, 0.25) is 5.91 Å². The van der Waals surface area contributed by atoms with Crippen LogP contribution in [0.2, 0.25) is 0 Å². The number of fused-ring (bicyclic) bond motifs is 1. The molecule has 2 aromatic heterocycles. The number of aryl methyl sites for hydroxylation is 1. The number of carbonyl (C=O) groups is 1. The number of amides is 1. The van der Waals surface area contributed by atoms with Gasteiger partial charge in [0, 0.05) is 36.6 Å². The van der Waals surface area contributed by atoms with E-state index in [2.05, 4.69) is 33.5 Å². The lowest BCUT2D eigenvalue weighted by Crippen LogP contribution is -2.37. The van der Waals surface area contributed by atoms with E-state index in [1.807, 2.05) is 23.3 Å². The number of anilines is 1. The molecule has 4 nitrogen and oxygen atoms in total. The Hall–Kier alpha value is -1.72. The van der Waals surface area contributed by atoms with E-state index in [4.69, 9.17) is 0 Å². The zero-order valence-electron chi connectivity index (χ0n) is 12.6. The van der Waals surface area contributed by atoms with Crippen LogP contribution in [-0.4, -0.2) is 34.4 Å². The lowest BCUT2D eigenvalue weighted by molar-refractivity contribution is -0.117. The molecule has 0 aliphatic carbocycles. The number of nitrogens with zero attached hydrogens (tertiary/aromatic N) is 3. The number of hydrogen-bond acceptors (Lipinski definition) is 4. The third-order valence-corrected chi connectivity index (χ3v) is 5.38. The molecule has 22 heavy (non-hydrogen) atoms. The molecule has 0 unspecified atom stereocenters. The second-order valence-electron chi connectivity index (χ2n) is 6.11. The van der Waals surface area contributed by atoms with Crippen molar-refractivity contribution < 1.29 is 4.79 Å². The Bertz CT molecular complexity index is 685. The molecule has 2 aliphatic rings. The van der Waals surface area contributed by atoms with Crippen LogP contribution in [0.25, 0.3) is 0 Å². The molecule has 2 saturated heterocycles. The van der Waals surface area contributed by atoms with Gasteiger partial charge in [-0.15, -0.1) is 0 Å². The minimum absolute atomic E-state index is 0.260. The highest BCUT2D eigenvalue weighted by molar-refractivity contribution is 7.08. The van der Waals surface area contributed by atoms with Gasteiger partial charge in [-0.1, -0.05) is 6.07 Å². The first-order valence-electron chi connectivity index (χ1n) is 7.73. The quantitative estimate of drug-likeness (QED) is 0.874. The van der Waals surface area contributed by atoms with Crippen LogP contribution in [0.5, 0.6) is 0 Å². The monoisotopic (exact) mass is 313 g/mol. The molecule has 2 aromatic rings. The summed E-state index contributed by atoms with van der Waals surface area (Å²) in [4.78, 5) is 21.5. The number of aromatic nitrogens is 1. The van der Waals surface area contributed by atoms with E-state index in [0.29, 0.717) is 18.5 Å². The lowest BCUT2D eigenvalue weighted by Gasteiger charge is -2.24. The number of carbonyl (C=O) groups excluding carboxylic acids is 1. The van der Waals surface area contributed by atoms with Crippen molar-refractivity contribution in [2.45, 2.75) is 38.4 Å². The second kappa shape index (κ2) is 5.48.